The van der Waals surface area contributed by atoms with E-state index in [1.54, 1.807) is 14.2 Å². The van der Waals surface area contributed by atoms with Crippen molar-refractivity contribution in [3.63, 3.8) is 0 Å². The molecule has 2 atom stereocenters. The molecule has 0 amide bonds. The van der Waals surface area contributed by atoms with E-state index in [1.807, 2.05) is 13.1 Å². The average molecular weight is 434 g/mol. The molecule has 1 aromatic rings. The number of nitrogens with one attached hydrogen (secondary N) is 2. The van der Waals surface area contributed by atoms with Gasteiger partial charge in [-0.05, 0) is 43.6 Å². The normalized spacial score (nSPS) is 21.7. The number of hydrogen-bond acceptors (Lipinski definition) is 6. The quantitative estimate of drug-likeness (QED) is 0.454. The topological polar surface area (TPSA) is 70.6 Å². The summed E-state index contributed by atoms with van der Waals surface area (Å²) in [5, 5.41) is 7.09. The lowest BCUT2D eigenvalue weighted by atomic mass is 10.0. The third kappa shape index (κ3) is 6.24. The SMILES string of the molecule is CCN1CCCC1CNC(=NC)NCC(c1ccc(OC)c(OC)c1)N1CCOCC1. The highest BCUT2D eigenvalue weighted by Crippen LogP contribution is 2.32. The number of nitrogens with zero attached hydrogens (tertiary/aromatic N) is 3. The minimum Gasteiger partial charge on any atom is -0.493 e. The second-order valence-electron chi connectivity index (χ2n) is 8.04. The Morgan fingerprint density at radius 3 is 2.61 bits per heavy atom. The van der Waals surface area contributed by atoms with Crippen molar-refractivity contribution in [2.45, 2.75) is 31.8 Å². The Hall–Kier alpha value is -2.03. The number of aliphatic imine (C=N–C) groups is 1. The molecule has 0 saturated carbocycles. The smallest absolute Gasteiger partial charge is 0.191 e. The number of guanidine groups is 1. The molecule has 0 aromatic heterocycles. The lowest BCUT2D eigenvalue weighted by Crippen LogP contribution is -2.48. The second-order valence-corrected chi connectivity index (χ2v) is 8.04. The average Bonchev–Trinajstić information content (AvgIpc) is 3.29. The number of hydrogen-bond donors (Lipinski definition) is 2. The number of likely N-dealkylation sites (tertiary alicyclic amines) is 1. The Balaban J connectivity index is 1.66. The van der Waals surface area contributed by atoms with Crippen molar-refractivity contribution in [2.24, 2.45) is 4.99 Å². The van der Waals surface area contributed by atoms with Crippen LogP contribution in [0.2, 0.25) is 0 Å². The van der Waals surface area contributed by atoms with Crippen LogP contribution in [-0.4, -0.2) is 95.6 Å². The first-order valence-electron chi connectivity index (χ1n) is 11.4. The van der Waals surface area contributed by atoms with Crippen LogP contribution in [-0.2, 0) is 4.74 Å². The Morgan fingerprint density at radius 1 is 1.16 bits per heavy atom. The van der Waals surface area contributed by atoms with Crippen molar-refractivity contribution in [1.29, 1.82) is 0 Å². The molecule has 0 bridgehead atoms. The van der Waals surface area contributed by atoms with Gasteiger partial charge in [-0.15, -0.1) is 0 Å². The largest absolute Gasteiger partial charge is 0.493 e. The van der Waals surface area contributed by atoms with E-state index in [1.165, 1.54) is 24.9 Å². The lowest BCUT2D eigenvalue weighted by Gasteiger charge is -2.35. The van der Waals surface area contributed by atoms with Crippen molar-refractivity contribution in [1.82, 2.24) is 20.4 Å². The summed E-state index contributed by atoms with van der Waals surface area (Å²) in [5.74, 6) is 2.35. The summed E-state index contributed by atoms with van der Waals surface area (Å²) < 4.78 is 16.6. The standard InChI is InChI=1S/C23H39N5O3/c1-5-27-10-6-7-19(27)16-25-23(24-2)26-17-20(28-11-13-31-14-12-28)18-8-9-21(29-3)22(15-18)30-4/h8-9,15,19-20H,5-7,10-14,16-17H2,1-4H3,(H2,24,25,26). The van der Waals surface area contributed by atoms with Crippen LogP contribution in [0.25, 0.3) is 0 Å². The molecule has 0 radical (unpaired) electrons. The highest BCUT2D eigenvalue weighted by Gasteiger charge is 2.25. The van der Waals surface area contributed by atoms with Gasteiger partial charge in [-0.3, -0.25) is 14.8 Å². The summed E-state index contributed by atoms with van der Waals surface area (Å²) >= 11 is 0. The van der Waals surface area contributed by atoms with E-state index in [0.29, 0.717) is 6.04 Å². The molecule has 3 rings (SSSR count). The maximum Gasteiger partial charge on any atom is 0.191 e. The van der Waals surface area contributed by atoms with Crippen molar-refractivity contribution >= 4 is 5.96 Å². The molecule has 2 aliphatic rings. The molecule has 174 valence electrons. The fourth-order valence-corrected chi connectivity index (χ4v) is 4.58. The third-order valence-electron chi connectivity index (χ3n) is 6.38. The van der Waals surface area contributed by atoms with E-state index in [4.69, 9.17) is 14.2 Å². The molecular weight excluding hydrogens is 394 g/mol. The molecule has 2 heterocycles. The fraction of sp³-hybridized carbons (Fsp3) is 0.696. The predicted molar refractivity (Wildman–Crippen MR) is 124 cm³/mol. The monoisotopic (exact) mass is 433 g/mol. The Bertz CT molecular complexity index is 708. The van der Waals surface area contributed by atoms with Crippen LogP contribution in [0.3, 0.4) is 0 Å². The second kappa shape index (κ2) is 12.1. The van der Waals surface area contributed by atoms with Gasteiger partial charge in [0, 0.05) is 39.3 Å². The van der Waals surface area contributed by atoms with Crippen molar-refractivity contribution < 1.29 is 14.2 Å². The van der Waals surface area contributed by atoms with Gasteiger partial charge in [-0.2, -0.15) is 0 Å². The van der Waals surface area contributed by atoms with E-state index >= 15 is 0 Å². The number of benzene rings is 1. The minimum absolute atomic E-state index is 0.181. The van der Waals surface area contributed by atoms with E-state index in [2.05, 4.69) is 44.5 Å². The molecule has 2 unspecified atom stereocenters. The molecule has 8 heteroatoms. The van der Waals surface area contributed by atoms with Crippen molar-refractivity contribution in [3.05, 3.63) is 23.8 Å². The number of methoxy groups -OCH3 is 2. The van der Waals surface area contributed by atoms with Crippen LogP contribution < -0.4 is 20.1 Å². The van der Waals surface area contributed by atoms with Crippen LogP contribution in [0, 0.1) is 0 Å². The first kappa shape index (κ1) is 23.6. The van der Waals surface area contributed by atoms with E-state index < -0.39 is 0 Å². The Labute approximate surface area is 186 Å². The molecule has 2 N–H and O–H groups in total. The molecule has 2 fully saturated rings. The van der Waals surface area contributed by atoms with Crippen LogP contribution in [0.1, 0.15) is 31.4 Å². The van der Waals surface area contributed by atoms with Crippen LogP contribution in [0.15, 0.2) is 23.2 Å². The molecule has 8 nitrogen and oxygen atoms in total. The van der Waals surface area contributed by atoms with Gasteiger partial charge in [0.1, 0.15) is 0 Å². The van der Waals surface area contributed by atoms with Crippen molar-refractivity contribution in [3.8, 4) is 11.5 Å². The van der Waals surface area contributed by atoms with E-state index in [-0.39, 0.29) is 6.04 Å². The maximum atomic E-state index is 5.58. The summed E-state index contributed by atoms with van der Waals surface area (Å²) in [6.07, 6.45) is 2.53. The summed E-state index contributed by atoms with van der Waals surface area (Å²) in [7, 11) is 5.18. The van der Waals surface area contributed by atoms with Gasteiger partial charge >= 0.3 is 0 Å². The lowest BCUT2D eigenvalue weighted by molar-refractivity contribution is 0.0169. The molecule has 0 aliphatic carbocycles. The summed E-state index contributed by atoms with van der Waals surface area (Å²) in [6, 6.07) is 6.95. The number of morpholine rings is 1. The molecule has 2 saturated heterocycles. The summed E-state index contributed by atoms with van der Waals surface area (Å²) in [4.78, 5) is 9.46. The predicted octanol–water partition coefficient (Wildman–Crippen LogP) is 1.73. The minimum atomic E-state index is 0.181. The first-order chi connectivity index (χ1) is 15.2. The first-order valence-corrected chi connectivity index (χ1v) is 11.4. The highest BCUT2D eigenvalue weighted by atomic mass is 16.5. The highest BCUT2D eigenvalue weighted by molar-refractivity contribution is 5.79. The van der Waals surface area contributed by atoms with Crippen LogP contribution >= 0.6 is 0 Å². The zero-order chi connectivity index (χ0) is 22.1. The number of rotatable bonds is 9. The zero-order valence-electron chi connectivity index (χ0n) is 19.5. The molecule has 31 heavy (non-hydrogen) atoms. The van der Waals surface area contributed by atoms with Crippen LogP contribution in [0.5, 0.6) is 11.5 Å². The summed E-state index contributed by atoms with van der Waals surface area (Å²) in [5.41, 5.74) is 1.19. The Kier molecular flexibility index (Phi) is 9.24. The maximum absolute atomic E-state index is 5.58. The molecule has 0 spiro atoms. The third-order valence-corrected chi connectivity index (χ3v) is 6.38. The summed E-state index contributed by atoms with van der Waals surface area (Å²) in [6.45, 7) is 9.53. The van der Waals surface area contributed by atoms with Gasteiger partial charge in [-0.25, -0.2) is 0 Å². The van der Waals surface area contributed by atoms with Gasteiger partial charge in [0.25, 0.3) is 0 Å². The molecule has 2 aliphatic heterocycles. The van der Waals surface area contributed by atoms with Gasteiger partial charge < -0.3 is 24.8 Å². The number of ether oxygens (including phenoxy) is 3. The van der Waals surface area contributed by atoms with Gasteiger partial charge in [0.2, 0.25) is 0 Å². The van der Waals surface area contributed by atoms with Gasteiger partial charge in [0.05, 0.1) is 33.5 Å². The van der Waals surface area contributed by atoms with Crippen molar-refractivity contribution in [2.75, 3.05) is 73.7 Å². The fourth-order valence-electron chi connectivity index (χ4n) is 4.58. The Morgan fingerprint density at radius 2 is 1.94 bits per heavy atom. The molecular formula is C23H39N5O3. The zero-order valence-corrected chi connectivity index (χ0v) is 19.5. The van der Waals surface area contributed by atoms with E-state index in [0.717, 1.165) is 63.4 Å². The van der Waals surface area contributed by atoms with Gasteiger partial charge in [0.15, 0.2) is 17.5 Å². The number of likely N-dealkylation sites (N-methyl/N-ethyl adjacent to an activating group) is 1. The van der Waals surface area contributed by atoms with E-state index in [9.17, 15) is 0 Å². The van der Waals surface area contributed by atoms with Crippen LogP contribution in [0.4, 0.5) is 0 Å². The molecule has 1 aromatic carbocycles. The van der Waals surface area contributed by atoms with Gasteiger partial charge in [-0.1, -0.05) is 13.0 Å².